The highest BCUT2D eigenvalue weighted by atomic mass is 32.1. The van der Waals surface area contributed by atoms with Crippen LogP contribution in [0.4, 0.5) is 5.69 Å². The number of aryl methyl sites for hydroxylation is 4. The van der Waals surface area contributed by atoms with E-state index in [2.05, 4.69) is 104 Å². The summed E-state index contributed by atoms with van der Waals surface area (Å²) in [6.45, 7) is 10.8. The summed E-state index contributed by atoms with van der Waals surface area (Å²) < 4.78 is 2.38. The summed E-state index contributed by atoms with van der Waals surface area (Å²) in [6.07, 6.45) is 1.85. The van der Waals surface area contributed by atoms with E-state index in [1.807, 2.05) is 18.3 Å². The zero-order valence-electron chi connectivity index (χ0n) is 20.3. The SMILES string of the molecule is Cc1ccc(N2C(=S)N[C@@H](c3ccccn3)[C@@H]2c2cc(C)n(-c3cc(C)ccc3C)c2C)cc1. The van der Waals surface area contributed by atoms with Gasteiger partial charge in [0.05, 0.1) is 17.8 Å². The standard InChI is InChI=1S/C29H30N4S/c1-18-10-13-23(14-11-18)33-28(27(31-29(33)34)25-8-6-7-15-30-25)24-17-21(4)32(22(24)5)26-16-19(2)9-12-20(26)3/h6-17,27-28H,1-5H3,(H,31,34)/t27-,28-/m0/s1. The van der Waals surface area contributed by atoms with Crippen molar-refractivity contribution in [2.75, 3.05) is 4.90 Å². The molecule has 4 aromatic rings. The highest BCUT2D eigenvalue weighted by Gasteiger charge is 2.42. The van der Waals surface area contributed by atoms with Gasteiger partial charge in [-0.15, -0.1) is 0 Å². The van der Waals surface area contributed by atoms with Crippen LogP contribution in [0.1, 0.15) is 51.4 Å². The molecule has 0 bridgehead atoms. The Hall–Kier alpha value is -3.44. The van der Waals surface area contributed by atoms with Crippen LogP contribution >= 0.6 is 12.2 Å². The summed E-state index contributed by atoms with van der Waals surface area (Å²) >= 11 is 5.90. The zero-order chi connectivity index (χ0) is 24.0. The van der Waals surface area contributed by atoms with Crippen molar-refractivity contribution in [2.45, 2.75) is 46.7 Å². The first kappa shape index (κ1) is 22.4. The van der Waals surface area contributed by atoms with E-state index in [9.17, 15) is 0 Å². The minimum Gasteiger partial charge on any atom is -0.351 e. The molecule has 1 aliphatic rings. The number of hydrogen-bond acceptors (Lipinski definition) is 2. The van der Waals surface area contributed by atoms with Gasteiger partial charge >= 0.3 is 0 Å². The lowest BCUT2D eigenvalue weighted by Gasteiger charge is -2.28. The lowest BCUT2D eigenvalue weighted by Crippen LogP contribution is -2.29. The van der Waals surface area contributed by atoms with Crippen LogP contribution in [-0.2, 0) is 0 Å². The molecule has 0 amide bonds. The highest BCUT2D eigenvalue weighted by molar-refractivity contribution is 7.80. The van der Waals surface area contributed by atoms with Crippen LogP contribution in [0.5, 0.6) is 0 Å². The second kappa shape index (κ2) is 8.73. The third-order valence-electron chi connectivity index (χ3n) is 6.80. The van der Waals surface area contributed by atoms with E-state index in [0.717, 1.165) is 16.5 Å². The topological polar surface area (TPSA) is 33.1 Å². The molecule has 4 nitrogen and oxygen atoms in total. The number of rotatable bonds is 4. The number of hydrogen-bond donors (Lipinski definition) is 1. The fourth-order valence-corrected chi connectivity index (χ4v) is 5.42. The van der Waals surface area contributed by atoms with Gasteiger partial charge in [0.15, 0.2) is 5.11 Å². The number of aromatic nitrogens is 2. The van der Waals surface area contributed by atoms with Crippen molar-refractivity contribution in [3.05, 3.63) is 112 Å². The van der Waals surface area contributed by atoms with E-state index < -0.39 is 0 Å². The smallest absolute Gasteiger partial charge is 0.174 e. The summed E-state index contributed by atoms with van der Waals surface area (Å²) in [7, 11) is 0. The van der Waals surface area contributed by atoms with Crippen LogP contribution in [-0.4, -0.2) is 14.7 Å². The molecule has 3 heterocycles. The van der Waals surface area contributed by atoms with E-state index in [1.54, 1.807) is 0 Å². The van der Waals surface area contributed by atoms with Gasteiger partial charge in [0.2, 0.25) is 0 Å². The molecule has 1 fully saturated rings. The Kier molecular flexibility index (Phi) is 5.74. The number of nitrogens with zero attached hydrogens (tertiary/aromatic N) is 3. The lowest BCUT2D eigenvalue weighted by molar-refractivity contribution is 0.565. The molecule has 2 aromatic carbocycles. The number of nitrogens with one attached hydrogen (secondary N) is 1. The van der Waals surface area contributed by atoms with Crippen molar-refractivity contribution in [1.82, 2.24) is 14.9 Å². The second-order valence-corrected chi connectivity index (χ2v) is 9.67. The fourth-order valence-electron chi connectivity index (χ4n) is 5.07. The molecule has 0 spiro atoms. The average Bonchev–Trinajstić information content (AvgIpc) is 3.32. The molecule has 0 unspecified atom stereocenters. The summed E-state index contributed by atoms with van der Waals surface area (Å²) in [4.78, 5) is 6.95. The van der Waals surface area contributed by atoms with Gasteiger partial charge in [-0.3, -0.25) is 4.98 Å². The first-order valence-corrected chi connectivity index (χ1v) is 12.1. The van der Waals surface area contributed by atoms with Crippen molar-refractivity contribution in [3.8, 4) is 5.69 Å². The number of anilines is 1. The van der Waals surface area contributed by atoms with Crippen molar-refractivity contribution in [3.63, 3.8) is 0 Å². The highest BCUT2D eigenvalue weighted by Crippen LogP contribution is 2.43. The fraction of sp³-hybridized carbons (Fsp3) is 0.241. The first-order valence-electron chi connectivity index (χ1n) is 11.7. The maximum Gasteiger partial charge on any atom is 0.174 e. The number of thiocarbonyl (C=S) groups is 1. The molecule has 1 aliphatic heterocycles. The van der Waals surface area contributed by atoms with Crippen LogP contribution in [0, 0.1) is 34.6 Å². The van der Waals surface area contributed by atoms with Gasteiger partial charge in [-0.1, -0.05) is 35.9 Å². The molecule has 2 atom stereocenters. The van der Waals surface area contributed by atoms with Gasteiger partial charge < -0.3 is 14.8 Å². The quantitative estimate of drug-likeness (QED) is 0.344. The molecule has 1 N–H and O–H groups in total. The average molecular weight is 467 g/mol. The Morgan fingerprint density at radius 1 is 0.853 bits per heavy atom. The summed E-state index contributed by atoms with van der Waals surface area (Å²) in [6, 6.07) is 23.5. The van der Waals surface area contributed by atoms with E-state index in [0.29, 0.717) is 0 Å². The molecule has 34 heavy (non-hydrogen) atoms. The van der Waals surface area contributed by atoms with Gasteiger partial charge in [-0.2, -0.15) is 0 Å². The van der Waals surface area contributed by atoms with E-state index in [-0.39, 0.29) is 12.1 Å². The Balaban J connectivity index is 1.70. The van der Waals surface area contributed by atoms with Crippen molar-refractivity contribution >= 4 is 23.0 Å². The Bertz CT molecular complexity index is 1360. The molecule has 2 aromatic heterocycles. The number of benzene rings is 2. The Morgan fingerprint density at radius 2 is 1.59 bits per heavy atom. The maximum absolute atomic E-state index is 5.90. The predicted molar refractivity (Wildman–Crippen MR) is 144 cm³/mol. The lowest BCUT2D eigenvalue weighted by atomic mass is 9.96. The zero-order valence-corrected chi connectivity index (χ0v) is 21.1. The summed E-state index contributed by atoms with van der Waals surface area (Å²) in [5, 5.41) is 4.31. The first-order chi connectivity index (χ1) is 16.3. The van der Waals surface area contributed by atoms with Gasteiger partial charge in [-0.25, -0.2) is 0 Å². The van der Waals surface area contributed by atoms with E-state index >= 15 is 0 Å². The van der Waals surface area contributed by atoms with Gasteiger partial charge in [0.1, 0.15) is 0 Å². The van der Waals surface area contributed by atoms with Crippen LogP contribution in [0.25, 0.3) is 5.69 Å². The van der Waals surface area contributed by atoms with E-state index in [1.165, 1.54) is 39.3 Å². The Morgan fingerprint density at radius 3 is 2.29 bits per heavy atom. The molecule has 5 rings (SSSR count). The third-order valence-corrected chi connectivity index (χ3v) is 7.12. The van der Waals surface area contributed by atoms with Crippen molar-refractivity contribution in [2.24, 2.45) is 0 Å². The predicted octanol–water partition coefficient (Wildman–Crippen LogP) is 6.59. The molecular formula is C29H30N4S. The van der Waals surface area contributed by atoms with E-state index in [4.69, 9.17) is 17.2 Å². The number of pyridine rings is 1. The Labute approximate surface area is 207 Å². The monoisotopic (exact) mass is 466 g/mol. The van der Waals surface area contributed by atoms with Crippen LogP contribution in [0.2, 0.25) is 0 Å². The van der Waals surface area contributed by atoms with Gasteiger partial charge in [0, 0.05) is 29.0 Å². The third kappa shape index (κ3) is 3.80. The second-order valence-electron chi connectivity index (χ2n) is 9.28. The van der Waals surface area contributed by atoms with Crippen LogP contribution in [0.15, 0.2) is 72.9 Å². The van der Waals surface area contributed by atoms with Crippen LogP contribution in [0.3, 0.4) is 0 Å². The van der Waals surface area contributed by atoms with Crippen molar-refractivity contribution < 1.29 is 0 Å². The minimum absolute atomic E-state index is 0.0184. The van der Waals surface area contributed by atoms with Gasteiger partial charge in [-0.05, 0) is 99.9 Å². The molecule has 0 radical (unpaired) electrons. The summed E-state index contributed by atoms with van der Waals surface area (Å²) in [5.41, 5.74) is 10.7. The largest absolute Gasteiger partial charge is 0.351 e. The van der Waals surface area contributed by atoms with Crippen molar-refractivity contribution in [1.29, 1.82) is 0 Å². The van der Waals surface area contributed by atoms with Crippen LogP contribution < -0.4 is 10.2 Å². The minimum atomic E-state index is -0.0532. The molecule has 1 saturated heterocycles. The van der Waals surface area contributed by atoms with Gasteiger partial charge in [0.25, 0.3) is 0 Å². The molecular weight excluding hydrogens is 436 g/mol. The molecule has 172 valence electrons. The maximum atomic E-state index is 5.90. The molecule has 0 saturated carbocycles. The summed E-state index contributed by atoms with van der Waals surface area (Å²) in [5.74, 6) is 0. The normalized spacial score (nSPS) is 17.8. The molecule has 0 aliphatic carbocycles. The molecule has 5 heteroatoms.